The minimum atomic E-state index is 0.276. The number of hydrogen-bond acceptors (Lipinski definition) is 4. The molecular formula is C32H40O4. The maximum absolute atomic E-state index is 6.56. The summed E-state index contributed by atoms with van der Waals surface area (Å²) in [5.41, 5.74) is 4.18. The molecule has 0 N–H and O–H groups in total. The highest BCUT2D eigenvalue weighted by Crippen LogP contribution is 2.44. The predicted molar refractivity (Wildman–Crippen MR) is 142 cm³/mol. The van der Waals surface area contributed by atoms with Gasteiger partial charge in [0.05, 0.1) is 13.2 Å². The normalized spacial score (nSPS) is 28.2. The van der Waals surface area contributed by atoms with E-state index in [0.717, 1.165) is 37.6 Å². The van der Waals surface area contributed by atoms with Gasteiger partial charge in [-0.25, -0.2) is 0 Å². The van der Waals surface area contributed by atoms with Gasteiger partial charge in [0.15, 0.2) is 0 Å². The van der Waals surface area contributed by atoms with Crippen LogP contribution in [-0.4, -0.2) is 38.6 Å². The lowest BCUT2D eigenvalue weighted by molar-refractivity contribution is 0.256. The van der Waals surface area contributed by atoms with Crippen molar-refractivity contribution in [2.75, 3.05) is 26.4 Å². The van der Waals surface area contributed by atoms with E-state index in [2.05, 4.69) is 54.6 Å². The molecular weight excluding hydrogens is 448 g/mol. The van der Waals surface area contributed by atoms with Crippen LogP contribution in [0.1, 0.15) is 92.2 Å². The third-order valence-corrected chi connectivity index (χ3v) is 8.35. The Bertz CT molecular complexity index is 1010. The monoisotopic (exact) mass is 488 g/mol. The lowest BCUT2D eigenvalue weighted by Gasteiger charge is -2.28. The Labute approximate surface area is 216 Å². The van der Waals surface area contributed by atoms with E-state index in [1.165, 1.54) is 61.6 Å². The lowest BCUT2D eigenvalue weighted by atomic mass is 9.79. The summed E-state index contributed by atoms with van der Waals surface area (Å²) in [6.45, 7) is 3.00. The molecule has 4 atom stereocenters. The van der Waals surface area contributed by atoms with E-state index >= 15 is 0 Å². The number of benzene rings is 2. The van der Waals surface area contributed by atoms with Gasteiger partial charge in [-0.1, -0.05) is 74.6 Å². The van der Waals surface area contributed by atoms with Gasteiger partial charge in [0.1, 0.15) is 36.9 Å². The van der Waals surface area contributed by atoms with E-state index in [-0.39, 0.29) is 6.10 Å². The van der Waals surface area contributed by atoms with Gasteiger partial charge in [-0.2, -0.15) is 0 Å². The molecule has 2 aromatic rings. The molecule has 4 unspecified atom stereocenters. The fraction of sp³-hybridized carbons (Fsp3) is 0.562. The Balaban J connectivity index is 1.18. The zero-order valence-electron chi connectivity index (χ0n) is 21.4. The van der Waals surface area contributed by atoms with Gasteiger partial charge in [-0.3, -0.25) is 0 Å². The summed E-state index contributed by atoms with van der Waals surface area (Å²) in [5.74, 6) is 3.58. The Kier molecular flexibility index (Phi) is 7.62. The molecule has 1 saturated carbocycles. The van der Waals surface area contributed by atoms with Gasteiger partial charge in [0, 0.05) is 17.4 Å². The van der Waals surface area contributed by atoms with Crippen molar-refractivity contribution in [2.24, 2.45) is 0 Å². The highest BCUT2D eigenvalue weighted by atomic mass is 16.6. The minimum absolute atomic E-state index is 0.276. The fourth-order valence-corrected chi connectivity index (χ4v) is 5.98. The molecule has 2 aromatic carbocycles. The van der Waals surface area contributed by atoms with Gasteiger partial charge >= 0.3 is 0 Å². The summed E-state index contributed by atoms with van der Waals surface area (Å²) in [4.78, 5) is 0. The second-order valence-electron chi connectivity index (χ2n) is 11.1. The van der Waals surface area contributed by atoms with Crippen LogP contribution in [0.4, 0.5) is 0 Å². The van der Waals surface area contributed by atoms with Crippen molar-refractivity contribution in [3.63, 3.8) is 0 Å². The molecule has 3 fully saturated rings. The summed E-state index contributed by atoms with van der Waals surface area (Å²) < 4.78 is 23.1. The van der Waals surface area contributed by atoms with E-state index in [0.29, 0.717) is 37.1 Å². The van der Waals surface area contributed by atoms with Crippen LogP contribution in [0.2, 0.25) is 0 Å². The molecule has 6 rings (SSSR count). The van der Waals surface area contributed by atoms with Crippen molar-refractivity contribution in [1.82, 2.24) is 0 Å². The molecule has 2 aliphatic heterocycles. The molecule has 2 aliphatic carbocycles. The maximum atomic E-state index is 6.56. The third-order valence-electron chi connectivity index (χ3n) is 8.35. The van der Waals surface area contributed by atoms with Crippen LogP contribution in [0, 0.1) is 0 Å². The molecule has 0 amide bonds. The third kappa shape index (κ3) is 6.15. The van der Waals surface area contributed by atoms with Gasteiger partial charge in [0.2, 0.25) is 0 Å². The highest BCUT2D eigenvalue weighted by molar-refractivity contribution is 5.48. The quantitative estimate of drug-likeness (QED) is 0.275. The molecule has 192 valence electrons. The van der Waals surface area contributed by atoms with Gasteiger partial charge in [-0.15, -0.1) is 0 Å². The number of para-hydroxylation sites is 1. The number of hydrogen-bond donors (Lipinski definition) is 0. The SMILES string of the molecule is C1=CC(c2cccc(C3CCCCCCC3)c2OCC2CO2)CCC1c1ccc(OCC2CO2)cc1. The number of allylic oxidation sites excluding steroid dienone is 2. The Morgan fingerprint density at radius 2 is 1.25 bits per heavy atom. The summed E-state index contributed by atoms with van der Waals surface area (Å²) in [6.07, 6.45) is 17.1. The topological polar surface area (TPSA) is 43.5 Å². The van der Waals surface area contributed by atoms with Crippen molar-refractivity contribution < 1.29 is 18.9 Å². The van der Waals surface area contributed by atoms with Crippen molar-refractivity contribution >= 4 is 0 Å². The second kappa shape index (κ2) is 11.4. The average molecular weight is 489 g/mol. The van der Waals surface area contributed by atoms with Gasteiger partial charge in [0.25, 0.3) is 0 Å². The molecule has 0 radical (unpaired) electrons. The lowest BCUT2D eigenvalue weighted by Crippen LogP contribution is -2.14. The van der Waals surface area contributed by atoms with E-state index in [4.69, 9.17) is 18.9 Å². The van der Waals surface area contributed by atoms with Crippen LogP contribution < -0.4 is 9.47 Å². The van der Waals surface area contributed by atoms with E-state index in [9.17, 15) is 0 Å². The second-order valence-corrected chi connectivity index (χ2v) is 11.1. The van der Waals surface area contributed by atoms with Crippen molar-refractivity contribution in [2.45, 2.75) is 87.7 Å². The van der Waals surface area contributed by atoms with E-state index in [1.54, 1.807) is 0 Å². The van der Waals surface area contributed by atoms with E-state index in [1.807, 2.05) is 0 Å². The van der Waals surface area contributed by atoms with Crippen LogP contribution in [0.25, 0.3) is 0 Å². The van der Waals surface area contributed by atoms with Gasteiger partial charge < -0.3 is 18.9 Å². The van der Waals surface area contributed by atoms with Crippen LogP contribution in [0.5, 0.6) is 11.5 Å². The number of rotatable bonds is 9. The molecule has 4 heteroatoms. The number of ether oxygens (including phenoxy) is 4. The average Bonchev–Trinajstić information content (AvgIpc) is 3.82. The van der Waals surface area contributed by atoms with Crippen LogP contribution in [0.15, 0.2) is 54.6 Å². The maximum Gasteiger partial charge on any atom is 0.126 e. The van der Waals surface area contributed by atoms with Crippen molar-refractivity contribution in [1.29, 1.82) is 0 Å². The zero-order valence-corrected chi connectivity index (χ0v) is 21.4. The first kappa shape index (κ1) is 24.1. The largest absolute Gasteiger partial charge is 0.491 e. The summed E-state index contributed by atoms with van der Waals surface area (Å²) in [5, 5.41) is 0. The molecule has 4 aliphatic rings. The van der Waals surface area contributed by atoms with E-state index < -0.39 is 0 Å². The summed E-state index contributed by atoms with van der Waals surface area (Å²) in [7, 11) is 0. The first-order chi connectivity index (χ1) is 17.8. The summed E-state index contributed by atoms with van der Waals surface area (Å²) in [6, 6.07) is 15.6. The zero-order chi connectivity index (χ0) is 24.2. The molecule has 0 spiro atoms. The minimum Gasteiger partial charge on any atom is -0.491 e. The molecule has 0 aromatic heterocycles. The smallest absolute Gasteiger partial charge is 0.126 e. The molecule has 0 bridgehead atoms. The van der Waals surface area contributed by atoms with Gasteiger partial charge in [-0.05, 0) is 54.9 Å². The first-order valence-corrected chi connectivity index (χ1v) is 14.2. The van der Waals surface area contributed by atoms with Crippen molar-refractivity contribution in [3.8, 4) is 11.5 Å². The fourth-order valence-electron chi connectivity index (χ4n) is 5.98. The Morgan fingerprint density at radius 3 is 1.92 bits per heavy atom. The van der Waals surface area contributed by atoms with Crippen LogP contribution >= 0.6 is 0 Å². The first-order valence-electron chi connectivity index (χ1n) is 14.2. The standard InChI is InChI=1S/C32H40O4/c1-2-4-7-25(8-5-3-1)30-9-6-10-31(32(30)36-22-29-21-35-29)26-13-11-23(12-14-26)24-15-17-27(18-16-24)33-19-28-20-34-28/h6,9-11,13,15-18,23,25-26,28-29H,1-5,7-8,12,14,19-22H2. The molecule has 4 nitrogen and oxygen atoms in total. The molecule has 2 saturated heterocycles. The van der Waals surface area contributed by atoms with Crippen LogP contribution in [-0.2, 0) is 9.47 Å². The van der Waals surface area contributed by atoms with Crippen molar-refractivity contribution in [3.05, 3.63) is 71.3 Å². The number of epoxide rings is 2. The summed E-state index contributed by atoms with van der Waals surface area (Å²) >= 11 is 0. The Morgan fingerprint density at radius 1 is 0.639 bits per heavy atom. The molecule has 2 heterocycles. The van der Waals surface area contributed by atoms with Crippen LogP contribution in [0.3, 0.4) is 0 Å². The Hall–Kier alpha value is -2.30. The predicted octanol–water partition coefficient (Wildman–Crippen LogP) is 7.29. The molecule has 36 heavy (non-hydrogen) atoms. The highest BCUT2D eigenvalue weighted by Gasteiger charge is 2.28.